The third-order valence-corrected chi connectivity index (χ3v) is 3.84. The molecule has 3 N–H and O–H groups in total. The highest BCUT2D eigenvalue weighted by Crippen LogP contribution is 2.35. The fourth-order valence-electron chi connectivity index (χ4n) is 1.97. The molecule has 1 heterocycles. The first-order valence-electron chi connectivity index (χ1n) is 7.39. The van der Waals surface area contributed by atoms with Crippen LogP contribution in [0.4, 0.5) is 15.6 Å². The third-order valence-electron chi connectivity index (χ3n) is 2.92. The Morgan fingerprint density at radius 3 is 2.64 bits per heavy atom. The molecule has 0 radical (unpaired) electrons. The first-order valence-corrected chi connectivity index (χ1v) is 8.21. The molecule has 3 amide bonds. The average molecular weight is 366 g/mol. The molecule has 0 aliphatic carbocycles. The number of carbonyl (C=O) groups is 3. The number of methoxy groups -OCH3 is 1. The molecule has 0 spiro atoms. The summed E-state index contributed by atoms with van der Waals surface area (Å²) in [6.07, 6.45) is 0. The van der Waals surface area contributed by atoms with Crippen molar-refractivity contribution >= 4 is 50.3 Å². The number of nitrogens with one attached hydrogen (secondary N) is 3. The van der Waals surface area contributed by atoms with Gasteiger partial charge >= 0.3 is 12.0 Å². The maximum atomic E-state index is 11.9. The monoisotopic (exact) mass is 366 g/mol. The number of rotatable bonds is 6. The van der Waals surface area contributed by atoms with Crippen LogP contribution in [0.15, 0.2) is 12.1 Å². The van der Waals surface area contributed by atoms with E-state index in [9.17, 15) is 14.4 Å². The zero-order valence-corrected chi connectivity index (χ0v) is 14.8. The molecule has 0 saturated carbocycles. The van der Waals surface area contributed by atoms with Gasteiger partial charge in [-0.3, -0.25) is 9.59 Å². The summed E-state index contributed by atoms with van der Waals surface area (Å²) in [7, 11) is 1.48. The minimum atomic E-state index is -0.555. The van der Waals surface area contributed by atoms with E-state index in [0.717, 1.165) is 4.70 Å². The summed E-state index contributed by atoms with van der Waals surface area (Å²) in [6, 6.07) is 2.75. The lowest BCUT2D eigenvalue weighted by atomic mass is 10.2. The van der Waals surface area contributed by atoms with E-state index < -0.39 is 12.0 Å². The van der Waals surface area contributed by atoms with Gasteiger partial charge in [0.2, 0.25) is 5.91 Å². The molecule has 1 aromatic heterocycles. The lowest BCUT2D eigenvalue weighted by Crippen LogP contribution is -2.34. The number of thiazole rings is 1. The van der Waals surface area contributed by atoms with Crippen LogP contribution >= 0.6 is 11.3 Å². The van der Waals surface area contributed by atoms with Crippen LogP contribution in [0.25, 0.3) is 10.2 Å². The number of hydrogen-bond donors (Lipinski definition) is 3. The first kappa shape index (κ1) is 18.5. The number of nitrogens with zero attached hydrogens (tertiary/aromatic N) is 1. The predicted molar refractivity (Wildman–Crippen MR) is 94.1 cm³/mol. The van der Waals surface area contributed by atoms with Crippen molar-refractivity contribution < 1.29 is 23.9 Å². The van der Waals surface area contributed by atoms with Gasteiger partial charge in [-0.15, -0.1) is 0 Å². The van der Waals surface area contributed by atoms with Gasteiger partial charge in [0, 0.05) is 18.7 Å². The van der Waals surface area contributed by atoms with Crippen molar-refractivity contribution in [3.8, 4) is 5.75 Å². The molecule has 2 aromatic rings. The third kappa shape index (κ3) is 5.05. The number of ether oxygens (including phenoxy) is 2. The molecule has 134 valence electrons. The second kappa shape index (κ2) is 8.29. The van der Waals surface area contributed by atoms with Crippen molar-refractivity contribution in [2.45, 2.75) is 13.8 Å². The molecular weight excluding hydrogens is 348 g/mol. The lowest BCUT2D eigenvalue weighted by molar-refractivity contribution is -0.141. The molecular formula is C15H18N4O5S. The van der Waals surface area contributed by atoms with E-state index >= 15 is 0 Å². The number of urea groups is 1. The van der Waals surface area contributed by atoms with E-state index in [1.807, 2.05) is 0 Å². The molecule has 0 aliphatic heterocycles. The Balaban J connectivity index is 2.14. The summed E-state index contributed by atoms with van der Waals surface area (Å²) in [5.41, 5.74) is 1.04. The minimum Gasteiger partial charge on any atom is -0.494 e. The van der Waals surface area contributed by atoms with Gasteiger partial charge in [-0.05, 0) is 13.0 Å². The van der Waals surface area contributed by atoms with Crippen LogP contribution in [0.2, 0.25) is 0 Å². The number of esters is 1. The Morgan fingerprint density at radius 2 is 2.00 bits per heavy atom. The normalized spacial score (nSPS) is 10.2. The summed E-state index contributed by atoms with van der Waals surface area (Å²) in [5, 5.41) is 8.06. The Morgan fingerprint density at radius 1 is 1.24 bits per heavy atom. The van der Waals surface area contributed by atoms with Crippen LogP contribution in [0.1, 0.15) is 13.8 Å². The Hall–Kier alpha value is -2.88. The molecule has 0 bridgehead atoms. The topological polar surface area (TPSA) is 119 Å². The van der Waals surface area contributed by atoms with E-state index in [-0.39, 0.29) is 19.1 Å². The number of anilines is 2. The van der Waals surface area contributed by atoms with Crippen LogP contribution in [-0.2, 0) is 14.3 Å². The minimum absolute atomic E-state index is 0.227. The number of aromatic nitrogens is 1. The first-order chi connectivity index (χ1) is 11.9. The highest BCUT2D eigenvalue weighted by Gasteiger charge is 2.13. The number of fused-ring (bicyclic) bond motifs is 1. The van der Waals surface area contributed by atoms with Gasteiger partial charge < -0.3 is 25.4 Å². The summed E-state index contributed by atoms with van der Waals surface area (Å²) < 4.78 is 10.7. The van der Waals surface area contributed by atoms with Gasteiger partial charge in [0.1, 0.15) is 17.8 Å². The zero-order chi connectivity index (χ0) is 18.4. The number of hydrogen-bond acceptors (Lipinski definition) is 7. The molecule has 2 rings (SSSR count). The van der Waals surface area contributed by atoms with Crippen molar-refractivity contribution in [1.82, 2.24) is 10.3 Å². The van der Waals surface area contributed by atoms with E-state index in [0.29, 0.717) is 22.1 Å². The highest BCUT2D eigenvalue weighted by atomic mass is 32.1. The Kier molecular flexibility index (Phi) is 6.12. The maximum Gasteiger partial charge on any atom is 0.325 e. The highest BCUT2D eigenvalue weighted by molar-refractivity contribution is 7.22. The molecule has 0 unspecified atom stereocenters. The number of carbonyl (C=O) groups excluding carboxylic acids is 3. The fraction of sp³-hybridized carbons (Fsp3) is 0.333. The second-order valence-electron chi connectivity index (χ2n) is 4.84. The van der Waals surface area contributed by atoms with Crippen LogP contribution < -0.4 is 20.7 Å². The van der Waals surface area contributed by atoms with Gasteiger partial charge in [-0.25, -0.2) is 9.78 Å². The zero-order valence-electron chi connectivity index (χ0n) is 14.0. The van der Waals surface area contributed by atoms with Gasteiger partial charge in [0.05, 0.1) is 18.4 Å². The number of amides is 3. The lowest BCUT2D eigenvalue weighted by Gasteiger charge is -2.09. The van der Waals surface area contributed by atoms with Crippen molar-refractivity contribution in [3.05, 3.63) is 12.1 Å². The molecule has 0 fully saturated rings. The standard InChI is InChI=1S/C15H18N4O5S/c1-4-24-12(21)7-16-14(22)18-9-5-10(23-3)13-11(6-9)25-15(19-13)17-8(2)20/h5-6H,4,7H2,1-3H3,(H2,16,18,22)(H,17,19,20). The van der Waals surface area contributed by atoms with Crippen LogP contribution in [0.5, 0.6) is 5.75 Å². The van der Waals surface area contributed by atoms with E-state index in [1.54, 1.807) is 19.1 Å². The van der Waals surface area contributed by atoms with Crippen LogP contribution in [0, 0.1) is 0 Å². The van der Waals surface area contributed by atoms with E-state index in [4.69, 9.17) is 9.47 Å². The van der Waals surface area contributed by atoms with Crippen molar-refractivity contribution in [2.24, 2.45) is 0 Å². The summed E-state index contributed by atoms with van der Waals surface area (Å²) in [6.45, 7) is 3.10. The Bertz CT molecular complexity index is 805. The molecule has 10 heteroatoms. The fourth-order valence-corrected chi connectivity index (χ4v) is 2.94. The van der Waals surface area contributed by atoms with Crippen molar-refractivity contribution in [2.75, 3.05) is 30.9 Å². The second-order valence-corrected chi connectivity index (χ2v) is 5.87. The maximum absolute atomic E-state index is 11.9. The quantitative estimate of drug-likeness (QED) is 0.673. The SMILES string of the molecule is CCOC(=O)CNC(=O)Nc1cc(OC)c2nc(NC(C)=O)sc2c1. The van der Waals surface area contributed by atoms with Crippen LogP contribution in [-0.4, -0.2) is 43.2 Å². The Labute approximate surface area is 147 Å². The van der Waals surface area contributed by atoms with Gasteiger partial charge in [0.15, 0.2) is 5.13 Å². The molecule has 1 aromatic carbocycles. The van der Waals surface area contributed by atoms with Gasteiger partial charge in [-0.2, -0.15) is 0 Å². The van der Waals surface area contributed by atoms with E-state index in [2.05, 4.69) is 20.9 Å². The summed E-state index contributed by atoms with van der Waals surface area (Å²) >= 11 is 1.25. The molecule has 0 aliphatic rings. The van der Waals surface area contributed by atoms with Crippen molar-refractivity contribution in [3.63, 3.8) is 0 Å². The van der Waals surface area contributed by atoms with Gasteiger partial charge in [-0.1, -0.05) is 11.3 Å². The van der Waals surface area contributed by atoms with Crippen LogP contribution in [0.3, 0.4) is 0 Å². The van der Waals surface area contributed by atoms with E-state index in [1.165, 1.54) is 25.4 Å². The molecule has 0 atom stereocenters. The van der Waals surface area contributed by atoms with Crippen molar-refractivity contribution in [1.29, 1.82) is 0 Å². The van der Waals surface area contributed by atoms with Gasteiger partial charge in [0.25, 0.3) is 0 Å². The number of benzene rings is 1. The molecule has 9 nitrogen and oxygen atoms in total. The average Bonchev–Trinajstić information content (AvgIpc) is 2.93. The largest absolute Gasteiger partial charge is 0.494 e. The predicted octanol–water partition coefficient (Wildman–Crippen LogP) is 1.95. The summed E-state index contributed by atoms with van der Waals surface area (Å²) in [4.78, 5) is 38.6. The molecule has 0 saturated heterocycles. The molecule has 25 heavy (non-hydrogen) atoms. The summed E-state index contributed by atoms with van der Waals surface area (Å²) in [5.74, 6) is -0.297. The smallest absolute Gasteiger partial charge is 0.325 e.